The number of amides is 1. The SMILES string of the molecule is O=C(OCC(=O)N1CCCc2ccccc21)c1ccccc1C(=O)c1ccccc1. The van der Waals surface area contributed by atoms with Crippen molar-refractivity contribution in [1.82, 2.24) is 0 Å². The monoisotopic (exact) mass is 399 g/mol. The fraction of sp³-hybridized carbons (Fsp3) is 0.160. The number of fused-ring (bicyclic) bond motifs is 1. The van der Waals surface area contributed by atoms with Gasteiger partial charge in [0.1, 0.15) is 0 Å². The number of nitrogens with zero attached hydrogens (tertiary/aromatic N) is 1. The molecule has 0 spiro atoms. The molecule has 1 aliphatic rings. The fourth-order valence-corrected chi connectivity index (χ4v) is 3.68. The third-order valence-corrected chi connectivity index (χ3v) is 5.17. The van der Waals surface area contributed by atoms with E-state index < -0.39 is 5.97 Å². The largest absolute Gasteiger partial charge is 0.452 e. The van der Waals surface area contributed by atoms with Crippen molar-refractivity contribution in [3.05, 3.63) is 101 Å². The number of hydrogen-bond acceptors (Lipinski definition) is 4. The minimum absolute atomic E-state index is 0.151. The third-order valence-electron chi connectivity index (χ3n) is 5.17. The van der Waals surface area contributed by atoms with E-state index in [1.165, 1.54) is 0 Å². The molecule has 1 heterocycles. The Bertz CT molecular complexity index is 1090. The van der Waals surface area contributed by atoms with Crippen LogP contribution >= 0.6 is 0 Å². The maximum atomic E-state index is 12.8. The highest BCUT2D eigenvalue weighted by molar-refractivity contribution is 6.14. The van der Waals surface area contributed by atoms with Crippen molar-refractivity contribution in [3.63, 3.8) is 0 Å². The van der Waals surface area contributed by atoms with Crippen LogP contribution in [0.25, 0.3) is 0 Å². The van der Waals surface area contributed by atoms with Crippen LogP contribution in [0.2, 0.25) is 0 Å². The van der Waals surface area contributed by atoms with Crippen molar-refractivity contribution in [2.45, 2.75) is 12.8 Å². The number of hydrogen-bond donors (Lipinski definition) is 0. The standard InChI is InChI=1S/C25H21NO4/c27-23(26-16-8-12-18-9-4-7-15-22(18)26)17-30-25(29)21-14-6-5-13-20(21)24(28)19-10-2-1-3-11-19/h1-7,9-11,13-15H,8,12,16-17H2. The first-order valence-electron chi connectivity index (χ1n) is 9.89. The van der Waals surface area contributed by atoms with E-state index in [9.17, 15) is 14.4 Å². The maximum absolute atomic E-state index is 12.8. The summed E-state index contributed by atoms with van der Waals surface area (Å²) in [6.45, 7) is 0.220. The number of carbonyl (C=O) groups is 3. The van der Waals surface area contributed by atoms with Crippen molar-refractivity contribution in [1.29, 1.82) is 0 Å². The quantitative estimate of drug-likeness (QED) is 0.480. The van der Waals surface area contributed by atoms with Gasteiger partial charge in [0.2, 0.25) is 0 Å². The first-order valence-corrected chi connectivity index (χ1v) is 9.89. The van der Waals surface area contributed by atoms with Crippen LogP contribution in [0.15, 0.2) is 78.9 Å². The van der Waals surface area contributed by atoms with E-state index in [-0.39, 0.29) is 29.4 Å². The summed E-state index contributed by atoms with van der Waals surface area (Å²) in [6.07, 6.45) is 1.79. The molecule has 0 aliphatic carbocycles. The van der Waals surface area contributed by atoms with Crippen LogP contribution in [0.3, 0.4) is 0 Å². The number of carbonyl (C=O) groups excluding carboxylic acids is 3. The lowest BCUT2D eigenvalue weighted by molar-refractivity contribution is -0.121. The highest BCUT2D eigenvalue weighted by Crippen LogP contribution is 2.26. The Kier molecular flexibility index (Phi) is 5.70. The van der Waals surface area contributed by atoms with Gasteiger partial charge in [0, 0.05) is 23.4 Å². The minimum atomic E-state index is -0.687. The van der Waals surface area contributed by atoms with E-state index >= 15 is 0 Å². The van der Waals surface area contributed by atoms with Crippen molar-refractivity contribution in [2.75, 3.05) is 18.1 Å². The van der Waals surface area contributed by atoms with Crippen LogP contribution < -0.4 is 4.90 Å². The molecule has 4 rings (SSSR count). The van der Waals surface area contributed by atoms with Crippen molar-refractivity contribution >= 4 is 23.3 Å². The number of ketones is 1. The Labute approximate surface area is 174 Å². The highest BCUT2D eigenvalue weighted by atomic mass is 16.5. The molecular formula is C25H21NO4. The zero-order chi connectivity index (χ0) is 20.9. The second-order valence-corrected chi connectivity index (χ2v) is 7.09. The first-order chi connectivity index (χ1) is 14.6. The number of benzene rings is 3. The van der Waals surface area contributed by atoms with Gasteiger partial charge in [-0.25, -0.2) is 4.79 Å². The minimum Gasteiger partial charge on any atom is -0.452 e. The lowest BCUT2D eigenvalue weighted by Gasteiger charge is -2.29. The van der Waals surface area contributed by atoms with Crippen LogP contribution in [0.4, 0.5) is 5.69 Å². The summed E-state index contributed by atoms with van der Waals surface area (Å²) in [5, 5.41) is 0. The second-order valence-electron chi connectivity index (χ2n) is 7.09. The number of esters is 1. The Morgan fingerprint density at radius 1 is 0.800 bits per heavy atom. The van der Waals surface area contributed by atoms with Gasteiger partial charge in [-0.3, -0.25) is 9.59 Å². The zero-order valence-electron chi connectivity index (χ0n) is 16.4. The van der Waals surface area contributed by atoms with Crippen molar-refractivity contribution < 1.29 is 19.1 Å². The van der Waals surface area contributed by atoms with Gasteiger partial charge in [0.15, 0.2) is 12.4 Å². The number of rotatable bonds is 5. The average molecular weight is 399 g/mol. The first kappa shape index (κ1) is 19.6. The highest BCUT2D eigenvalue weighted by Gasteiger charge is 2.24. The Balaban J connectivity index is 1.48. The van der Waals surface area contributed by atoms with E-state index in [2.05, 4.69) is 0 Å². The average Bonchev–Trinajstić information content (AvgIpc) is 2.82. The van der Waals surface area contributed by atoms with Crippen molar-refractivity contribution in [3.8, 4) is 0 Å². The molecular weight excluding hydrogens is 378 g/mol. The fourth-order valence-electron chi connectivity index (χ4n) is 3.68. The van der Waals surface area contributed by atoms with Gasteiger partial charge in [-0.2, -0.15) is 0 Å². The number of para-hydroxylation sites is 1. The molecule has 1 amide bonds. The summed E-state index contributed by atoms with van der Waals surface area (Å²) in [7, 11) is 0. The second kappa shape index (κ2) is 8.74. The molecule has 3 aromatic carbocycles. The summed E-state index contributed by atoms with van der Waals surface area (Å²) in [5.41, 5.74) is 2.87. The molecule has 3 aromatic rings. The van der Waals surface area contributed by atoms with Crippen LogP contribution in [-0.2, 0) is 16.0 Å². The predicted molar refractivity (Wildman–Crippen MR) is 114 cm³/mol. The Hall–Kier alpha value is -3.73. The Morgan fingerprint density at radius 3 is 2.27 bits per heavy atom. The summed E-state index contributed by atoms with van der Waals surface area (Å²) >= 11 is 0. The number of aryl methyl sites for hydroxylation is 1. The molecule has 0 atom stereocenters. The predicted octanol–water partition coefficient (Wildman–Crippen LogP) is 4.05. The van der Waals surface area contributed by atoms with Gasteiger partial charge in [-0.15, -0.1) is 0 Å². The molecule has 0 unspecified atom stereocenters. The van der Waals surface area contributed by atoms with Crippen LogP contribution in [-0.4, -0.2) is 30.8 Å². The van der Waals surface area contributed by atoms with E-state index in [0.717, 1.165) is 24.1 Å². The number of anilines is 1. The summed E-state index contributed by atoms with van der Waals surface area (Å²) < 4.78 is 5.30. The van der Waals surface area contributed by atoms with Crippen LogP contribution in [0, 0.1) is 0 Å². The molecule has 0 fully saturated rings. The molecule has 0 saturated heterocycles. The molecule has 0 N–H and O–H groups in total. The molecule has 150 valence electrons. The van der Waals surface area contributed by atoms with Gasteiger partial charge in [-0.1, -0.05) is 66.7 Å². The summed E-state index contributed by atoms with van der Waals surface area (Å²) in [4.78, 5) is 39.9. The molecule has 5 nitrogen and oxygen atoms in total. The molecule has 0 radical (unpaired) electrons. The van der Waals surface area contributed by atoms with E-state index in [0.29, 0.717) is 12.1 Å². The van der Waals surface area contributed by atoms with E-state index in [4.69, 9.17) is 4.74 Å². The maximum Gasteiger partial charge on any atom is 0.339 e. The molecule has 0 aromatic heterocycles. The lowest BCUT2D eigenvalue weighted by Crippen LogP contribution is -2.38. The molecule has 1 aliphatic heterocycles. The smallest absolute Gasteiger partial charge is 0.339 e. The van der Waals surface area contributed by atoms with Crippen molar-refractivity contribution in [2.24, 2.45) is 0 Å². The van der Waals surface area contributed by atoms with E-state index in [1.54, 1.807) is 53.4 Å². The third kappa shape index (κ3) is 4.01. The topological polar surface area (TPSA) is 63.7 Å². The van der Waals surface area contributed by atoms with Gasteiger partial charge in [0.25, 0.3) is 5.91 Å². The van der Waals surface area contributed by atoms with Crippen LogP contribution in [0.5, 0.6) is 0 Å². The van der Waals surface area contributed by atoms with Gasteiger partial charge in [0.05, 0.1) is 5.56 Å². The summed E-state index contributed by atoms with van der Waals surface area (Å²) in [5.74, 6) is -1.23. The molecule has 0 bridgehead atoms. The van der Waals surface area contributed by atoms with Gasteiger partial charge in [-0.05, 0) is 30.5 Å². The normalized spacial score (nSPS) is 12.7. The summed E-state index contributed by atoms with van der Waals surface area (Å²) in [6, 6.07) is 23.0. The molecule has 5 heteroatoms. The van der Waals surface area contributed by atoms with Gasteiger partial charge >= 0.3 is 5.97 Å². The molecule has 0 saturated carbocycles. The Morgan fingerprint density at radius 2 is 1.47 bits per heavy atom. The zero-order valence-corrected chi connectivity index (χ0v) is 16.4. The van der Waals surface area contributed by atoms with E-state index in [1.807, 2.05) is 30.3 Å². The van der Waals surface area contributed by atoms with Gasteiger partial charge < -0.3 is 9.64 Å². The lowest BCUT2D eigenvalue weighted by atomic mass is 9.98. The molecule has 30 heavy (non-hydrogen) atoms. The number of ether oxygens (including phenoxy) is 1. The van der Waals surface area contributed by atoms with Crippen LogP contribution in [0.1, 0.15) is 38.3 Å².